The Morgan fingerprint density at radius 1 is 1.62 bits per heavy atom. The van der Waals surface area contributed by atoms with Crippen molar-refractivity contribution < 1.29 is 9.21 Å². The molecule has 1 aromatic rings. The lowest BCUT2D eigenvalue weighted by Crippen LogP contribution is -2.22. The Labute approximate surface area is 85.8 Å². The first-order valence-electron chi connectivity index (χ1n) is 4.05. The third-order valence-electron chi connectivity index (χ3n) is 1.79. The second-order valence-corrected chi connectivity index (χ2v) is 3.62. The predicted molar refractivity (Wildman–Crippen MR) is 54.1 cm³/mol. The molecular weight excluding hydrogens is 234 g/mol. The fraction of sp³-hybridized carbons (Fsp3) is 0.444. The van der Waals surface area contributed by atoms with E-state index in [2.05, 4.69) is 15.9 Å². The third kappa shape index (κ3) is 3.22. The molecule has 0 aliphatic rings. The molecule has 72 valence electrons. The minimum Gasteiger partial charge on any atom is -0.466 e. The van der Waals surface area contributed by atoms with E-state index in [1.807, 2.05) is 19.1 Å². The quantitative estimate of drug-likeness (QED) is 0.606. The van der Waals surface area contributed by atoms with E-state index in [-0.39, 0.29) is 4.82 Å². The van der Waals surface area contributed by atoms with Crippen LogP contribution in [0.5, 0.6) is 0 Å². The van der Waals surface area contributed by atoms with Gasteiger partial charge in [-0.25, -0.2) is 0 Å². The molecule has 3 nitrogen and oxygen atoms in total. The van der Waals surface area contributed by atoms with Gasteiger partial charge in [0.15, 0.2) is 0 Å². The van der Waals surface area contributed by atoms with Crippen molar-refractivity contribution >= 4 is 20.7 Å². The number of amides is 1. The van der Waals surface area contributed by atoms with Gasteiger partial charge in [-0.05, 0) is 19.1 Å². The van der Waals surface area contributed by atoms with Gasteiger partial charge in [0.2, 0.25) is 0 Å². The van der Waals surface area contributed by atoms with E-state index >= 15 is 0 Å². The maximum atomic E-state index is 10.8. The third-order valence-corrected chi connectivity index (χ3v) is 2.40. The highest BCUT2D eigenvalue weighted by atomic mass is 79.9. The highest BCUT2D eigenvalue weighted by Crippen LogP contribution is 2.07. The highest BCUT2D eigenvalue weighted by Gasteiger charge is 2.05. The lowest BCUT2D eigenvalue weighted by atomic mass is 10.3. The SMILES string of the molecule is Cc1ccc(CCN(C)C(=O)Br)o1. The molecular formula is C9H12BrNO2. The van der Waals surface area contributed by atoms with Crippen LogP contribution < -0.4 is 0 Å². The number of aryl methyl sites for hydroxylation is 1. The van der Waals surface area contributed by atoms with Crippen molar-refractivity contribution in [3.05, 3.63) is 23.7 Å². The zero-order chi connectivity index (χ0) is 9.84. The second kappa shape index (κ2) is 4.46. The summed E-state index contributed by atoms with van der Waals surface area (Å²) in [6.45, 7) is 2.57. The van der Waals surface area contributed by atoms with Crippen LogP contribution in [0.4, 0.5) is 4.79 Å². The van der Waals surface area contributed by atoms with Gasteiger partial charge in [-0.1, -0.05) is 0 Å². The summed E-state index contributed by atoms with van der Waals surface area (Å²) < 4.78 is 5.36. The molecule has 0 unspecified atom stereocenters. The molecule has 0 aliphatic carbocycles. The van der Waals surface area contributed by atoms with Crippen LogP contribution >= 0.6 is 15.9 Å². The van der Waals surface area contributed by atoms with Crippen molar-refractivity contribution in [2.45, 2.75) is 13.3 Å². The van der Waals surface area contributed by atoms with Gasteiger partial charge in [-0.3, -0.25) is 4.79 Å². The fourth-order valence-corrected chi connectivity index (χ4v) is 1.16. The van der Waals surface area contributed by atoms with Gasteiger partial charge in [-0.15, -0.1) is 0 Å². The summed E-state index contributed by atoms with van der Waals surface area (Å²) >= 11 is 2.87. The molecule has 1 amide bonds. The highest BCUT2D eigenvalue weighted by molar-refractivity contribution is 9.18. The molecule has 0 aliphatic heterocycles. The van der Waals surface area contributed by atoms with Crippen LogP contribution in [0.15, 0.2) is 16.5 Å². The second-order valence-electron chi connectivity index (χ2n) is 2.94. The van der Waals surface area contributed by atoms with Gasteiger partial charge in [0.1, 0.15) is 11.5 Å². The smallest absolute Gasteiger partial charge is 0.289 e. The first-order chi connectivity index (χ1) is 6.09. The van der Waals surface area contributed by atoms with Crippen LogP contribution in [-0.4, -0.2) is 23.3 Å². The van der Waals surface area contributed by atoms with E-state index < -0.39 is 0 Å². The van der Waals surface area contributed by atoms with E-state index in [4.69, 9.17) is 4.42 Å². The molecule has 0 aromatic carbocycles. The summed E-state index contributed by atoms with van der Waals surface area (Å²) in [4.78, 5) is 12.3. The number of hydrogen-bond donors (Lipinski definition) is 0. The average Bonchev–Trinajstić information content (AvgIpc) is 2.47. The molecule has 0 atom stereocenters. The standard InChI is InChI=1S/C9H12BrNO2/c1-7-3-4-8(13-7)5-6-11(2)9(10)12/h3-4H,5-6H2,1-2H3. The van der Waals surface area contributed by atoms with Gasteiger partial charge in [0.05, 0.1) is 0 Å². The number of rotatable bonds is 3. The van der Waals surface area contributed by atoms with E-state index in [1.54, 1.807) is 11.9 Å². The molecule has 4 heteroatoms. The Balaban J connectivity index is 2.39. The monoisotopic (exact) mass is 245 g/mol. The fourth-order valence-electron chi connectivity index (χ4n) is 0.985. The maximum Gasteiger partial charge on any atom is 0.289 e. The maximum absolute atomic E-state index is 10.8. The van der Waals surface area contributed by atoms with Crippen LogP contribution in [0.2, 0.25) is 0 Å². The molecule has 0 saturated heterocycles. The normalized spacial score (nSPS) is 10.1. The van der Waals surface area contributed by atoms with Crippen molar-refractivity contribution in [2.24, 2.45) is 0 Å². The van der Waals surface area contributed by atoms with Crippen LogP contribution in [0.3, 0.4) is 0 Å². The summed E-state index contributed by atoms with van der Waals surface area (Å²) in [6.07, 6.45) is 0.752. The molecule has 0 N–H and O–H groups in total. The number of likely N-dealkylation sites (N-methyl/N-ethyl adjacent to an activating group) is 1. The Morgan fingerprint density at radius 2 is 2.31 bits per heavy atom. The number of nitrogens with zero attached hydrogens (tertiary/aromatic N) is 1. The first kappa shape index (κ1) is 10.3. The van der Waals surface area contributed by atoms with Crippen molar-refractivity contribution in [3.63, 3.8) is 0 Å². The Bertz CT molecular complexity index is 296. The van der Waals surface area contributed by atoms with Crippen LogP contribution in [0.1, 0.15) is 11.5 Å². The van der Waals surface area contributed by atoms with E-state index in [0.717, 1.165) is 17.9 Å². The molecule has 1 rings (SSSR count). The lowest BCUT2D eigenvalue weighted by molar-refractivity contribution is 0.234. The zero-order valence-electron chi connectivity index (χ0n) is 7.71. The van der Waals surface area contributed by atoms with Gasteiger partial charge in [0, 0.05) is 35.9 Å². The molecule has 0 fully saturated rings. The van der Waals surface area contributed by atoms with Crippen molar-refractivity contribution in [1.82, 2.24) is 4.90 Å². The summed E-state index contributed by atoms with van der Waals surface area (Å²) in [7, 11) is 1.74. The number of halogens is 1. The van der Waals surface area contributed by atoms with Crippen molar-refractivity contribution in [2.75, 3.05) is 13.6 Å². The van der Waals surface area contributed by atoms with Crippen LogP contribution in [-0.2, 0) is 6.42 Å². The van der Waals surface area contributed by atoms with Gasteiger partial charge in [-0.2, -0.15) is 0 Å². The number of carbonyl (C=O) groups excluding carboxylic acids is 1. The predicted octanol–water partition coefficient (Wildman–Crippen LogP) is 2.58. The van der Waals surface area contributed by atoms with Crippen molar-refractivity contribution in [3.8, 4) is 0 Å². The van der Waals surface area contributed by atoms with Crippen molar-refractivity contribution in [1.29, 1.82) is 0 Å². The van der Waals surface area contributed by atoms with Gasteiger partial charge < -0.3 is 9.32 Å². The van der Waals surface area contributed by atoms with Crippen LogP contribution in [0, 0.1) is 6.92 Å². The zero-order valence-corrected chi connectivity index (χ0v) is 9.30. The molecule has 1 aromatic heterocycles. The number of furan rings is 1. The minimum absolute atomic E-state index is 0.101. The van der Waals surface area contributed by atoms with Crippen LogP contribution in [0.25, 0.3) is 0 Å². The summed E-state index contributed by atoms with van der Waals surface area (Å²) in [6, 6.07) is 3.85. The number of hydrogen-bond acceptors (Lipinski definition) is 2. The van der Waals surface area contributed by atoms with E-state index in [9.17, 15) is 4.79 Å². The molecule has 0 radical (unpaired) electrons. The molecule has 0 saturated carbocycles. The average molecular weight is 246 g/mol. The minimum atomic E-state index is -0.101. The molecule has 0 spiro atoms. The topological polar surface area (TPSA) is 33.5 Å². The lowest BCUT2D eigenvalue weighted by Gasteiger charge is -2.11. The summed E-state index contributed by atoms with van der Waals surface area (Å²) in [5.74, 6) is 1.82. The first-order valence-corrected chi connectivity index (χ1v) is 4.85. The largest absolute Gasteiger partial charge is 0.466 e. The van der Waals surface area contributed by atoms with E-state index in [1.165, 1.54) is 0 Å². The van der Waals surface area contributed by atoms with Gasteiger partial charge in [0.25, 0.3) is 4.82 Å². The van der Waals surface area contributed by atoms with Gasteiger partial charge >= 0.3 is 0 Å². The summed E-state index contributed by atoms with van der Waals surface area (Å²) in [5.41, 5.74) is 0. The molecule has 13 heavy (non-hydrogen) atoms. The van der Waals surface area contributed by atoms with E-state index in [0.29, 0.717) is 6.54 Å². The summed E-state index contributed by atoms with van der Waals surface area (Å²) in [5, 5.41) is 0. The molecule has 1 heterocycles. The number of carbonyl (C=O) groups is 1. The Hall–Kier alpha value is -0.770. The molecule has 0 bridgehead atoms. The Kier molecular flexibility index (Phi) is 3.54. The Morgan fingerprint density at radius 3 is 2.77 bits per heavy atom.